The molecule has 1 aromatic heterocycles. The first-order chi connectivity index (χ1) is 10.2. The van der Waals surface area contributed by atoms with Crippen LogP contribution < -0.4 is 5.32 Å². The van der Waals surface area contributed by atoms with Crippen molar-refractivity contribution in [2.75, 3.05) is 6.54 Å². The van der Waals surface area contributed by atoms with E-state index in [2.05, 4.69) is 20.8 Å². The molecule has 1 saturated carbocycles. The zero-order chi connectivity index (χ0) is 14.7. The number of nitrogens with zero attached hydrogens (tertiary/aromatic N) is 4. The van der Waals surface area contributed by atoms with Crippen molar-refractivity contribution in [3.05, 3.63) is 35.4 Å². The van der Waals surface area contributed by atoms with Gasteiger partial charge < -0.3 is 5.32 Å². The Balaban J connectivity index is 1.58. The Labute approximate surface area is 125 Å². The molecule has 112 valence electrons. The van der Waals surface area contributed by atoms with Crippen LogP contribution in [0.4, 0.5) is 8.78 Å². The monoisotopic (exact) mass is 311 g/mol. The Morgan fingerprint density at radius 2 is 2.05 bits per heavy atom. The Hall–Kier alpha value is -1.54. The fraction of sp³-hybridized carbons (Fsp3) is 0.462. The van der Waals surface area contributed by atoms with E-state index in [-0.39, 0.29) is 11.3 Å². The van der Waals surface area contributed by atoms with E-state index in [9.17, 15) is 8.78 Å². The summed E-state index contributed by atoms with van der Waals surface area (Å²) in [5.41, 5.74) is 0.0492. The number of benzene rings is 1. The molecule has 0 unspecified atom stereocenters. The zero-order valence-corrected chi connectivity index (χ0v) is 12.1. The second kappa shape index (κ2) is 6.48. The summed E-state index contributed by atoms with van der Waals surface area (Å²) in [6.07, 6.45) is 2.45. The highest BCUT2D eigenvalue weighted by molar-refractivity contribution is 7.98. The Morgan fingerprint density at radius 3 is 2.76 bits per heavy atom. The second-order valence-corrected chi connectivity index (χ2v) is 5.84. The predicted octanol–water partition coefficient (Wildman–Crippen LogP) is 2.00. The average molecular weight is 311 g/mol. The molecule has 0 spiro atoms. The largest absolute Gasteiger partial charge is 0.312 e. The molecule has 5 nitrogen and oxygen atoms in total. The van der Waals surface area contributed by atoms with Crippen LogP contribution >= 0.6 is 11.8 Å². The van der Waals surface area contributed by atoms with E-state index in [0.29, 0.717) is 17.7 Å². The summed E-state index contributed by atoms with van der Waals surface area (Å²) in [7, 11) is 0. The number of hydrogen-bond donors (Lipinski definition) is 1. The van der Waals surface area contributed by atoms with E-state index < -0.39 is 11.6 Å². The van der Waals surface area contributed by atoms with Crippen LogP contribution in [0.3, 0.4) is 0 Å². The minimum Gasteiger partial charge on any atom is -0.312 e. The summed E-state index contributed by atoms with van der Waals surface area (Å²) >= 11 is 1.23. The standard InChI is InChI=1S/C13H15F2N5S/c14-11-2-1-3-12(15)10(11)8-21-13-17-18-19-20(13)7-6-16-9-4-5-9/h1-3,9,16H,4-8H2. The molecule has 0 atom stereocenters. The van der Waals surface area contributed by atoms with Gasteiger partial charge in [-0.1, -0.05) is 17.8 Å². The van der Waals surface area contributed by atoms with Gasteiger partial charge in [0, 0.05) is 23.9 Å². The summed E-state index contributed by atoms with van der Waals surface area (Å²) in [6, 6.07) is 4.49. The topological polar surface area (TPSA) is 55.6 Å². The third-order valence-corrected chi connectivity index (χ3v) is 4.22. The smallest absolute Gasteiger partial charge is 0.209 e. The molecule has 8 heteroatoms. The number of thioether (sulfide) groups is 1. The van der Waals surface area contributed by atoms with Gasteiger partial charge in [0.05, 0.1) is 6.54 Å². The molecule has 2 aromatic rings. The molecule has 1 aliphatic rings. The van der Waals surface area contributed by atoms with E-state index in [0.717, 1.165) is 6.54 Å². The maximum Gasteiger partial charge on any atom is 0.209 e. The van der Waals surface area contributed by atoms with Gasteiger partial charge in [-0.2, -0.15) is 0 Å². The number of tetrazole rings is 1. The van der Waals surface area contributed by atoms with Crippen LogP contribution in [0.5, 0.6) is 0 Å². The number of halogens is 2. The normalized spacial score (nSPS) is 14.6. The van der Waals surface area contributed by atoms with Gasteiger partial charge in [-0.15, -0.1) is 5.10 Å². The van der Waals surface area contributed by atoms with Crippen molar-refractivity contribution in [3.8, 4) is 0 Å². The van der Waals surface area contributed by atoms with Gasteiger partial charge in [-0.25, -0.2) is 13.5 Å². The van der Waals surface area contributed by atoms with Crippen molar-refractivity contribution in [1.82, 2.24) is 25.5 Å². The molecule has 0 radical (unpaired) electrons. The molecule has 3 rings (SSSR count). The third-order valence-electron chi connectivity index (χ3n) is 3.24. The minimum absolute atomic E-state index is 0.0492. The number of nitrogens with one attached hydrogen (secondary N) is 1. The first-order valence-electron chi connectivity index (χ1n) is 6.79. The fourth-order valence-corrected chi connectivity index (χ4v) is 2.83. The molecule has 1 heterocycles. The first kappa shape index (κ1) is 14.4. The molecule has 1 aromatic carbocycles. The molecule has 0 amide bonds. The first-order valence-corrected chi connectivity index (χ1v) is 7.78. The highest BCUT2D eigenvalue weighted by Crippen LogP contribution is 2.23. The van der Waals surface area contributed by atoms with Crippen LogP contribution in [0, 0.1) is 11.6 Å². The molecule has 1 fully saturated rings. The molecule has 0 bridgehead atoms. The van der Waals surface area contributed by atoms with Gasteiger partial charge in [0.2, 0.25) is 5.16 Å². The van der Waals surface area contributed by atoms with Crippen LogP contribution in [0.2, 0.25) is 0 Å². The summed E-state index contributed by atoms with van der Waals surface area (Å²) in [4.78, 5) is 0. The van der Waals surface area contributed by atoms with E-state index in [4.69, 9.17) is 0 Å². The Kier molecular flexibility index (Phi) is 4.45. The van der Waals surface area contributed by atoms with Crippen molar-refractivity contribution in [2.45, 2.75) is 36.3 Å². The molecular formula is C13H15F2N5S. The van der Waals surface area contributed by atoms with Crippen LogP contribution in [-0.4, -0.2) is 32.8 Å². The second-order valence-electron chi connectivity index (χ2n) is 4.90. The van der Waals surface area contributed by atoms with Crippen LogP contribution in [0.25, 0.3) is 0 Å². The minimum atomic E-state index is -0.545. The predicted molar refractivity (Wildman–Crippen MR) is 74.8 cm³/mol. The summed E-state index contributed by atoms with van der Waals surface area (Å²) in [6.45, 7) is 1.43. The van der Waals surface area contributed by atoms with Crippen molar-refractivity contribution in [3.63, 3.8) is 0 Å². The van der Waals surface area contributed by atoms with Crippen LogP contribution in [0.1, 0.15) is 18.4 Å². The van der Waals surface area contributed by atoms with Crippen molar-refractivity contribution in [2.24, 2.45) is 0 Å². The molecule has 0 saturated heterocycles. The third kappa shape index (κ3) is 3.76. The summed E-state index contributed by atoms with van der Waals surface area (Å²) in [5.74, 6) is -0.927. The van der Waals surface area contributed by atoms with Crippen LogP contribution in [0.15, 0.2) is 23.4 Å². The molecule has 21 heavy (non-hydrogen) atoms. The van der Waals surface area contributed by atoms with Gasteiger partial charge in [-0.05, 0) is 35.4 Å². The number of rotatable bonds is 7. The maximum absolute atomic E-state index is 13.6. The van der Waals surface area contributed by atoms with Crippen molar-refractivity contribution in [1.29, 1.82) is 0 Å². The Bertz CT molecular complexity index is 594. The fourth-order valence-electron chi connectivity index (χ4n) is 1.91. The lowest BCUT2D eigenvalue weighted by molar-refractivity contribution is 0.509. The lowest BCUT2D eigenvalue weighted by atomic mass is 10.2. The lowest BCUT2D eigenvalue weighted by Gasteiger charge is -2.06. The van der Waals surface area contributed by atoms with Gasteiger partial charge >= 0.3 is 0 Å². The molecule has 0 aliphatic heterocycles. The van der Waals surface area contributed by atoms with E-state index >= 15 is 0 Å². The Morgan fingerprint density at radius 1 is 1.29 bits per heavy atom. The number of hydrogen-bond acceptors (Lipinski definition) is 5. The van der Waals surface area contributed by atoms with Crippen LogP contribution in [-0.2, 0) is 12.3 Å². The van der Waals surface area contributed by atoms with E-state index in [1.165, 1.54) is 42.8 Å². The number of aromatic nitrogens is 4. The van der Waals surface area contributed by atoms with E-state index in [1.807, 2.05) is 0 Å². The highest BCUT2D eigenvalue weighted by atomic mass is 32.2. The van der Waals surface area contributed by atoms with E-state index in [1.54, 1.807) is 4.68 Å². The van der Waals surface area contributed by atoms with Gasteiger partial charge in [0.25, 0.3) is 0 Å². The van der Waals surface area contributed by atoms with Gasteiger partial charge in [0.15, 0.2) is 0 Å². The lowest BCUT2D eigenvalue weighted by Crippen LogP contribution is -2.22. The maximum atomic E-state index is 13.6. The molecule has 1 aliphatic carbocycles. The average Bonchev–Trinajstić information content (AvgIpc) is 3.17. The SMILES string of the molecule is Fc1cccc(F)c1CSc1nnnn1CCNC1CC1. The van der Waals surface area contributed by atoms with Crippen molar-refractivity contribution >= 4 is 11.8 Å². The molecule has 1 N–H and O–H groups in total. The van der Waals surface area contributed by atoms with Crippen molar-refractivity contribution < 1.29 is 8.78 Å². The summed E-state index contributed by atoms with van der Waals surface area (Å²) < 4.78 is 28.8. The highest BCUT2D eigenvalue weighted by Gasteiger charge is 2.20. The van der Waals surface area contributed by atoms with Gasteiger partial charge in [0.1, 0.15) is 11.6 Å². The summed E-state index contributed by atoms with van der Waals surface area (Å²) in [5, 5.41) is 15.3. The molecular weight excluding hydrogens is 296 g/mol. The zero-order valence-electron chi connectivity index (χ0n) is 11.3. The quantitative estimate of drug-likeness (QED) is 0.793. The van der Waals surface area contributed by atoms with Gasteiger partial charge in [-0.3, -0.25) is 0 Å².